The minimum Gasteiger partial charge on any atom is -0.478 e. The first-order chi connectivity index (χ1) is 12.8. The Morgan fingerprint density at radius 1 is 1.15 bits per heavy atom. The van der Waals surface area contributed by atoms with Crippen molar-refractivity contribution in [1.29, 1.82) is 0 Å². The molecule has 3 atom stereocenters. The Labute approximate surface area is 162 Å². The smallest absolute Gasteiger partial charge is 0.331 e. The summed E-state index contributed by atoms with van der Waals surface area (Å²) in [4.78, 5) is 25.9. The highest BCUT2D eigenvalue weighted by atomic mass is 16.6. The molecule has 0 spiro atoms. The lowest BCUT2D eigenvalue weighted by molar-refractivity contribution is -0.143. The highest BCUT2D eigenvalue weighted by molar-refractivity contribution is 5.86. The van der Waals surface area contributed by atoms with Crippen molar-refractivity contribution in [3.63, 3.8) is 0 Å². The Balaban J connectivity index is 2.25. The number of esters is 1. The topological polar surface area (TPSA) is 66.8 Å². The van der Waals surface area contributed by atoms with Crippen LogP contribution in [0.3, 0.4) is 0 Å². The van der Waals surface area contributed by atoms with E-state index in [1.165, 1.54) is 5.57 Å². The fraction of sp³-hybridized carbons (Fsp3) is 0.636. The summed E-state index contributed by atoms with van der Waals surface area (Å²) in [6.07, 6.45) is 10.5. The fourth-order valence-corrected chi connectivity index (χ4v) is 3.94. The van der Waals surface area contributed by atoms with E-state index in [0.29, 0.717) is 25.0 Å². The number of fused-ring (bicyclic) bond motifs is 1. The van der Waals surface area contributed by atoms with Crippen molar-refractivity contribution in [3.8, 4) is 0 Å². The minimum absolute atomic E-state index is 0.0896. The quantitative estimate of drug-likeness (QED) is 0.597. The maximum Gasteiger partial charge on any atom is 0.331 e. The highest BCUT2D eigenvalue weighted by Crippen LogP contribution is 2.35. The van der Waals surface area contributed by atoms with Crippen LogP contribution < -0.4 is 0 Å². The molecular formula is C22H33NO4. The lowest BCUT2D eigenvalue weighted by atomic mass is 9.84. The molecule has 2 rings (SSSR count). The van der Waals surface area contributed by atoms with Gasteiger partial charge in [-0.2, -0.15) is 0 Å². The number of hydrogen-bond donors (Lipinski definition) is 1. The minimum atomic E-state index is -0.828. The number of carbonyl (C=O) groups excluding carboxylic acids is 1. The monoisotopic (exact) mass is 375 g/mol. The summed E-state index contributed by atoms with van der Waals surface area (Å²) < 4.78 is 5.73. The van der Waals surface area contributed by atoms with Gasteiger partial charge in [0.05, 0.1) is 5.92 Å². The highest BCUT2D eigenvalue weighted by Gasteiger charge is 2.43. The van der Waals surface area contributed by atoms with Crippen molar-refractivity contribution in [1.82, 2.24) is 4.90 Å². The van der Waals surface area contributed by atoms with Crippen LogP contribution in [-0.4, -0.2) is 48.7 Å². The van der Waals surface area contributed by atoms with Gasteiger partial charge < -0.3 is 14.7 Å². The Morgan fingerprint density at radius 2 is 1.85 bits per heavy atom. The number of carboxylic acid groups (broad SMARTS) is 1. The number of ether oxygens (including phenoxy) is 1. The Hall–Kier alpha value is -1.88. The van der Waals surface area contributed by atoms with Crippen molar-refractivity contribution < 1.29 is 19.4 Å². The van der Waals surface area contributed by atoms with E-state index in [2.05, 4.69) is 24.0 Å². The van der Waals surface area contributed by atoms with Crippen molar-refractivity contribution in [2.75, 3.05) is 20.6 Å². The number of carbonyl (C=O) groups is 2. The summed E-state index contributed by atoms with van der Waals surface area (Å²) >= 11 is 0. The van der Waals surface area contributed by atoms with E-state index in [0.717, 1.165) is 31.3 Å². The number of hydrogen-bond acceptors (Lipinski definition) is 4. The molecule has 1 saturated heterocycles. The van der Waals surface area contributed by atoms with Gasteiger partial charge in [-0.3, -0.25) is 4.79 Å². The van der Waals surface area contributed by atoms with Gasteiger partial charge in [-0.1, -0.05) is 23.3 Å². The molecular weight excluding hydrogens is 342 g/mol. The van der Waals surface area contributed by atoms with Crippen LogP contribution in [0.25, 0.3) is 0 Å². The lowest BCUT2D eigenvalue weighted by Crippen LogP contribution is -2.30. The second-order valence-corrected chi connectivity index (χ2v) is 8.15. The van der Waals surface area contributed by atoms with Crippen LogP contribution in [0.1, 0.15) is 52.4 Å². The van der Waals surface area contributed by atoms with Crippen LogP contribution in [0.2, 0.25) is 0 Å². The summed E-state index contributed by atoms with van der Waals surface area (Å²) in [5.74, 6) is -0.826. The van der Waals surface area contributed by atoms with Crippen molar-refractivity contribution in [3.05, 3.63) is 34.9 Å². The standard InChI is InChI=1S/C22H33NO4/c1-15-7-5-9-17(21(24)25)10-6-8-16(2)13-20-18(12-11-15)19(14-23(3)4)22(26)27-20/h7,10,13,18-20H,5-6,8-9,11-12,14H2,1-4H3,(H,24,25). The molecule has 0 saturated carbocycles. The van der Waals surface area contributed by atoms with Crippen LogP contribution in [0.5, 0.6) is 0 Å². The average Bonchev–Trinajstić information content (AvgIpc) is 2.85. The molecule has 1 aliphatic carbocycles. The first-order valence-electron chi connectivity index (χ1n) is 9.88. The maximum atomic E-state index is 12.5. The SMILES string of the molecule is CC1=CC2OC(=O)C(CN(C)C)C2CCC(C)=CCCC(C(=O)O)=CCC1. The first kappa shape index (κ1) is 21.4. The molecule has 0 amide bonds. The predicted octanol–water partition coefficient (Wildman–Crippen LogP) is 3.96. The van der Waals surface area contributed by atoms with Gasteiger partial charge in [0.15, 0.2) is 0 Å². The molecule has 5 nitrogen and oxygen atoms in total. The molecule has 1 fully saturated rings. The second kappa shape index (κ2) is 9.88. The summed E-state index contributed by atoms with van der Waals surface area (Å²) in [7, 11) is 3.98. The van der Waals surface area contributed by atoms with E-state index < -0.39 is 5.97 Å². The van der Waals surface area contributed by atoms with E-state index in [1.807, 2.05) is 27.1 Å². The average molecular weight is 376 g/mol. The molecule has 150 valence electrons. The largest absolute Gasteiger partial charge is 0.478 e. The first-order valence-corrected chi connectivity index (χ1v) is 9.88. The van der Waals surface area contributed by atoms with Crippen molar-refractivity contribution in [2.24, 2.45) is 11.8 Å². The Bertz CT molecular complexity index is 645. The number of nitrogens with zero attached hydrogens (tertiary/aromatic N) is 1. The molecule has 0 aromatic rings. The molecule has 0 aromatic heterocycles. The van der Waals surface area contributed by atoms with E-state index in [4.69, 9.17) is 4.74 Å². The Morgan fingerprint density at radius 3 is 2.52 bits per heavy atom. The van der Waals surface area contributed by atoms with E-state index in [9.17, 15) is 14.7 Å². The third-order valence-electron chi connectivity index (χ3n) is 5.49. The lowest BCUT2D eigenvalue weighted by Gasteiger charge is -2.22. The second-order valence-electron chi connectivity index (χ2n) is 8.15. The number of rotatable bonds is 3. The third-order valence-corrected chi connectivity index (χ3v) is 5.49. The molecule has 0 aromatic carbocycles. The number of allylic oxidation sites excluding steroid dienone is 4. The van der Waals surface area contributed by atoms with Gasteiger partial charge in [-0.05, 0) is 72.5 Å². The van der Waals surface area contributed by atoms with Crippen LogP contribution in [0.15, 0.2) is 34.9 Å². The van der Waals surface area contributed by atoms with Gasteiger partial charge in [0, 0.05) is 18.0 Å². The summed E-state index contributed by atoms with van der Waals surface area (Å²) in [6, 6.07) is 0. The van der Waals surface area contributed by atoms with Crippen LogP contribution in [0.4, 0.5) is 0 Å². The molecule has 0 radical (unpaired) electrons. The summed E-state index contributed by atoms with van der Waals surface area (Å²) in [5, 5.41) is 9.36. The maximum absolute atomic E-state index is 12.5. The normalized spacial score (nSPS) is 27.8. The molecule has 27 heavy (non-hydrogen) atoms. The molecule has 2 aliphatic rings. The van der Waals surface area contributed by atoms with Gasteiger partial charge in [0.1, 0.15) is 6.10 Å². The van der Waals surface area contributed by atoms with Gasteiger partial charge >= 0.3 is 11.9 Å². The zero-order valence-electron chi connectivity index (χ0n) is 17.0. The fourth-order valence-electron chi connectivity index (χ4n) is 3.94. The van der Waals surface area contributed by atoms with Gasteiger partial charge in [0.25, 0.3) is 0 Å². The molecule has 3 unspecified atom stereocenters. The van der Waals surface area contributed by atoms with Gasteiger partial charge in [-0.25, -0.2) is 4.79 Å². The molecule has 1 aliphatic heterocycles. The van der Waals surface area contributed by atoms with E-state index in [1.54, 1.807) is 0 Å². The van der Waals surface area contributed by atoms with Crippen molar-refractivity contribution >= 4 is 11.9 Å². The van der Waals surface area contributed by atoms with Crippen LogP contribution in [0, 0.1) is 11.8 Å². The number of aliphatic carboxylic acids is 1. The summed E-state index contributed by atoms with van der Waals surface area (Å²) in [6.45, 7) is 4.83. The van der Waals surface area contributed by atoms with Gasteiger partial charge in [-0.15, -0.1) is 0 Å². The third kappa shape index (κ3) is 6.35. The van der Waals surface area contributed by atoms with Crippen LogP contribution >= 0.6 is 0 Å². The number of carboxylic acids is 1. The zero-order valence-corrected chi connectivity index (χ0v) is 17.0. The van der Waals surface area contributed by atoms with E-state index >= 15 is 0 Å². The molecule has 1 heterocycles. The molecule has 5 heteroatoms. The molecule has 1 N–H and O–H groups in total. The van der Waals surface area contributed by atoms with Crippen molar-refractivity contribution in [2.45, 2.75) is 58.5 Å². The zero-order chi connectivity index (χ0) is 20.0. The summed E-state index contributed by atoms with van der Waals surface area (Å²) in [5.41, 5.74) is 2.88. The predicted molar refractivity (Wildman–Crippen MR) is 106 cm³/mol. The molecule has 0 bridgehead atoms. The van der Waals surface area contributed by atoms with Crippen LogP contribution in [-0.2, 0) is 14.3 Å². The van der Waals surface area contributed by atoms with E-state index in [-0.39, 0.29) is 23.9 Å². The Kier molecular flexibility index (Phi) is 7.84. The van der Waals surface area contributed by atoms with Gasteiger partial charge in [0.2, 0.25) is 0 Å².